The number of hydrogen-bond donors (Lipinski definition) is 0. The molecular weight excluding hydrogens is 442 g/mol. The van der Waals surface area contributed by atoms with Crippen molar-refractivity contribution in [1.82, 2.24) is 4.57 Å². The van der Waals surface area contributed by atoms with Gasteiger partial charge in [-0.05, 0) is 48.0 Å². The summed E-state index contributed by atoms with van der Waals surface area (Å²) in [5.41, 5.74) is 1.86. The van der Waals surface area contributed by atoms with Crippen molar-refractivity contribution in [2.24, 2.45) is 4.99 Å². The van der Waals surface area contributed by atoms with Crippen molar-refractivity contribution >= 4 is 39.0 Å². The summed E-state index contributed by atoms with van der Waals surface area (Å²) in [7, 11) is 3.19. The molecule has 0 amide bonds. The van der Waals surface area contributed by atoms with Crippen LogP contribution < -0.4 is 29.3 Å². The van der Waals surface area contributed by atoms with E-state index in [0.717, 1.165) is 20.5 Å². The summed E-state index contributed by atoms with van der Waals surface area (Å²) in [4.78, 5) is 20.3. The van der Waals surface area contributed by atoms with Crippen molar-refractivity contribution in [2.45, 2.75) is 6.67 Å². The zero-order valence-corrected chi connectivity index (χ0v) is 17.8. The Morgan fingerprint density at radius 2 is 1.86 bits per heavy atom. The van der Waals surface area contributed by atoms with Gasteiger partial charge < -0.3 is 14.4 Å². The molecule has 0 unspecified atom stereocenters. The molecule has 28 heavy (non-hydrogen) atoms. The van der Waals surface area contributed by atoms with Gasteiger partial charge in [0.15, 0.2) is 16.3 Å². The molecule has 0 N–H and O–H groups in total. The highest BCUT2D eigenvalue weighted by molar-refractivity contribution is 9.10. The first kappa shape index (κ1) is 18.8. The van der Waals surface area contributed by atoms with Crippen LogP contribution in [0.1, 0.15) is 5.56 Å². The van der Waals surface area contributed by atoms with Crippen molar-refractivity contribution in [2.75, 3.05) is 25.8 Å². The van der Waals surface area contributed by atoms with Gasteiger partial charge in [0.25, 0.3) is 5.56 Å². The van der Waals surface area contributed by atoms with E-state index in [0.29, 0.717) is 29.4 Å². The smallest absolute Gasteiger partial charge is 0.271 e. The molecule has 1 aromatic heterocycles. The fourth-order valence-corrected chi connectivity index (χ4v) is 4.25. The SMILES string of the molecule is COc1ccc(C=c2sc3n(c2=O)CN(c2ccc(Br)cc2)CN=3)cc1OC. The van der Waals surface area contributed by atoms with E-state index >= 15 is 0 Å². The van der Waals surface area contributed by atoms with Gasteiger partial charge in [-0.15, -0.1) is 0 Å². The third-order valence-electron chi connectivity index (χ3n) is 4.47. The van der Waals surface area contributed by atoms with Crippen LogP contribution in [-0.2, 0) is 6.67 Å². The number of aromatic nitrogens is 1. The predicted molar refractivity (Wildman–Crippen MR) is 114 cm³/mol. The second kappa shape index (κ2) is 7.81. The highest BCUT2D eigenvalue weighted by atomic mass is 79.9. The van der Waals surface area contributed by atoms with E-state index in [-0.39, 0.29) is 5.56 Å². The average Bonchev–Trinajstić information content (AvgIpc) is 3.03. The third kappa shape index (κ3) is 3.57. The van der Waals surface area contributed by atoms with E-state index in [1.165, 1.54) is 11.3 Å². The molecule has 0 bridgehead atoms. The predicted octanol–water partition coefficient (Wildman–Crippen LogP) is 2.57. The maximum absolute atomic E-state index is 12.9. The molecule has 8 heteroatoms. The maximum atomic E-state index is 12.9. The highest BCUT2D eigenvalue weighted by Crippen LogP contribution is 2.27. The molecule has 2 heterocycles. The standard InChI is InChI=1S/C20H18BrN3O3S/c1-26-16-8-3-13(9-17(16)27-2)10-18-19(25)24-12-23(11-22-20(24)28-18)15-6-4-14(21)5-7-15/h3-10H,11-12H2,1-2H3. The van der Waals surface area contributed by atoms with Gasteiger partial charge in [0, 0.05) is 10.2 Å². The molecule has 3 aromatic rings. The fourth-order valence-electron chi connectivity index (χ4n) is 3.02. The van der Waals surface area contributed by atoms with Crippen LogP contribution in [0.5, 0.6) is 11.5 Å². The van der Waals surface area contributed by atoms with Crippen LogP contribution in [0.4, 0.5) is 5.69 Å². The van der Waals surface area contributed by atoms with Crippen molar-refractivity contribution < 1.29 is 9.47 Å². The molecular formula is C20H18BrN3O3S. The molecule has 0 saturated carbocycles. The van der Waals surface area contributed by atoms with E-state index in [1.807, 2.05) is 48.5 Å². The number of thiazole rings is 1. The number of fused-ring (bicyclic) bond motifs is 1. The Kier molecular flexibility index (Phi) is 5.23. The monoisotopic (exact) mass is 459 g/mol. The first-order valence-electron chi connectivity index (χ1n) is 8.57. The van der Waals surface area contributed by atoms with Crippen LogP contribution in [0.15, 0.2) is 56.7 Å². The average molecular weight is 460 g/mol. The van der Waals surface area contributed by atoms with Gasteiger partial charge in [-0.1, -0.05) is 33.3 Å². The quantitative estimate of drug-likeness (QED) is 0.601. The Morgan fingerprint density at radius 3 is 2.57 bits per heavy atom. The number of methoxy groups -OCH3 is 2. The molecule has 6 nitrogen and oxygen atoms in total. The number of halogens is 1. The van der Waals surface area contributed by atoms with E-state index < -0.39 is 0 Å². The maximum Gasteiger partial charge on any atom is 0.271 e. The molecule has 0 aliphatic carbocycles. The van der Waals surface area contributed by atoms with Gasteiger partial charge >= 0.3 is 0 Å². The largest absolute Gasteiger partial charge is 0.493 e. The minimum atomic E-state index is -0.0413. The lowest BCUT2D eigenvalue weighted by molar-refractivity contribution is 0.355. The molecule has 0 fully saturated rings. The Balaban J connectivity index is 1.69. The molecule has 0 radical (unpaired) electrons. The van der Waals surface area contributed by atoms with Crippen LogP contribution in [0.3, 0.4) is 0 Å². The Bertz CT molecular complexity index is 1180. The van der Waals surface area contributed by atoms with Crippen LogP contribution in [0.25, 0.3) is 6.08 Å². The number of nitrogens with zero attached hydrogens (tertiary/aromatic N) is 3. The Labute approximate surface area is 174 Å². The molecule has 144 valence electrons. The second-order valence-electron chi connectivity index (χ2n) is 6.20. The summed E-state index contributed by atoms with van der Waals surface area (Å²) < 4.78 is 14.0. The summed E-state index contributed by atoms with van der Waals surface area (Å²) in [6, 6.07) is 13.6. The summed E-state index contributed by atoms with van der Waals surface area (Å²) in [6.07, 6.45) is 1.86. The number of anilines is 1. The highest BCUT2D eigenvalue weighted by Gasteiger charge is 2.16. The van der Waals surface area contributed by atoms with Crippen LogP contribution in [-0.4, -0.2) is 25.5 Å². The number of rotatable bonds is 4. The van der Waals surface area contributed by atoms with Crippen LogP contribution in [0.2, 0.25) is 0 Å². The summed E-state index contributed by atoms with van der Waals surface area (Å²) in [5.74, 6) is 1.28. The molecule has 0 spiro atoms. The first-order chi connectivity index (χ1) is 13.6. The molecule has 1 aliphatic rings. The van der Waals surface area contributed by atoms with Gasteiger partial charge in [-0.25, -0.2) is 4.99 Å². The van der Waals surface area contributed by atoms with Crippen LogP contribution >= 0.6 is 27.3 Å². The fraction of sp³-hybridized carbons (Fsp3) is 0.200. The van der Waals surface area contributed by atoms with Gasteiger partial charge in [-0.3, -0.25) is 9.36 Å². The lowest BCUT2D eigenvalue weighted by Crippen LogP contribution is -2.42. The zero-order valence-electron chi connectivity index (χ0n) is 15.4. The topological polar surface area (TPSA) is 56.1 Å². The normalized spacial score (nSPS) is 13.8. The van der Waals surface area contributed by atoms with E-state index in [9.17, 15) is 4.79 Å². The molecule has 0 atom stereocenters. The van der Waals surface area contributed by atoms with Gasteiger partial charge in [0.2, 0.25) is 0 Å². The van der Waals surface area contributed by atoms with Gasteiger partial charge in [0.1, 0.15) is 13.3 Å². The minimum Gasteiger partial charge on any atom is -0.493 e. The summed E-state index contributed by atoms with van der Waals surface area (Å²) in [5, 5.41) is 0. The number of hydrogen-bond acceptors (Lipinski definition) is 6. The minimum absolute atomic E-state index is 0.0413. The lowest BCUT2D eigenvalue weighted by atomic mass is 10.2. The van der Waals surface area contributed by atoms with E-state index in [4.69, 9.17) is 9.47 Å². The van der Waals surface area contributed by atoms with Gasteiger partial charge in [0.05, 0.1) is 18.8 Å². The Hall–Kier alpha value is -2.58. The van der Waals surface area contributed by atoms with E-state index in [2.05, 4.69) is 25.8 Å². The second-order valence-corrected chi connectivity index (χ2v) is 8.12. The first-order valence-corrected chi connectivity index (χ1v) is 10.2. The number of benzene rings is 2. The zero-order chi connectivity index (χ0) is 19.7. The number of ether oxygens (including phenoxy) is 2. The van der Waals surface area contributed by atoms with Crippen molar-refractivity contribution in [3.05, 3.63) is 72.2 Å². The van der Waals surface area contributed by atoms with Crippen molar-refractivity contribution in [3.63, 3.8) is 0 Å². The molecule has 0 saturated heterocycles. The molecule has 4 rings (SSSR count). The molecule has 1 aliphatic heterocycles. The summed E-state index contributed by atoms with van der Waals surface area (Å²) >= 11 is 4.85. The van der Waals surface area contributed by atoms with Gasteiger partial charge in [-0.2, -0.15) is 0 Å². The Morgan fingerprint density at radius 1 is 1.11 bits per heavy atom. The van der Waals surface area contributed by atoms with Crippen molar-refractivity contribution in [1.29, 1.82) is 0 Å². The van der Waals surface area contributed by atoms with Crippen molar-refractivity contribution in [3.8, 4) is 11.5 Å². The van der Waals surface area contributed by atoms with Crippen LogP contribution in [0, 0.1) is 0 Å². The molecule has 2 aromatic carbocycles. The summed E-state index contributed by atoms with van der Waals surface area (Å²) in [6.45, 7) is 1.01. The third-order valence-corrected chi connectivity index (χ3v) is 6.05. The van der Waals surface area contributed by atoms with E-state index in [1.54, 1.807) is 18.8 Å². The lowest BCUT2D eigenvalue weighted by Gasteiger charge is -2.25.